The Balaban J connectivity index is 0.00000370. The van der Waals surface area contributed by atoms with E-state index in [1.807, 2.05) is 25.1 Å². The van der Waals surface area contributed by atoms with E-state index in [1.165, 1.54) is 12.1 Å². The molecule has 0 bridgehead atoms. The molecule has 0 saturated carbocycles. The van der Waals surface area contributed by atoms with Crippen LogP contribution in [-0.4, -0.2) is 70.1 Å². The normalized spacial score (nSPS) is 14.0. The molecule has 212 valence electrons. The first-order valence-electron chi connectivity index (χ1n) is 12.9. The average Bonchev–Trinajstić information content (AvgIpc) is 3.38. The van der Waals surface area contributed by atoms with Gasteiger partial charge in [0.2, 0.25) is 0 Å². The first-order valence-corrected chi connectivity index (χ1v) is 15.2. The van der Waals surface area contributed by atoms with Gasteiger partial charge >= 0.3 is 0 Å². The second kappa shape index (κ2) is 13.3. The molecular formula is C28H32ClN5O4S2. The molecule has 1 aliphatic rings. The van der Waals surface area contributed by atoms with Crippen molar-refractivity contribution in [3.05, 3.63) is 78.4 Å². The van der Waals surface area contributed by atoms with Crippen LogP contribution in [0, 0.1) is 0 Å². The summed E-state index contributed by atoms with van der Waals surface area (Å²) in [6.45, 7) is 7.22. The lowest BCUT2D eigenvalue weighted by molar-refractivity contribution is 0.0948. The minimum atomic E-state index is -3.80. The number of aromatic nitrogens is 1. The molecule has 0 aliphatic carbocycles. The predicted molar refractivity (Wildman–Crippen MR) is 163 cm³/mol. The Labute approximate surface area is 244 Å². The van der Waals surface area contributed by atoms with Gasteiger partial charge in [-0.1, -0.05) is 41.7 Å². The minimum absolute atomic E-state index is 0. The van der Waals surface area contributed by atoms with Gasteiger partial charge in [0, 0.05) is 39.3 Å². The topological polar surface area (TPSA) is 104 Å². The van der Waals surface area contributed by atoms with Gasteiger partial charge in [-0.3, -0.25) is 14.4 Å². The largest absolute Gasteiger partial charge is 0.494 e. The number of piperazine rings is 1. The molecule has 1 amide bonds. The summed E-state index contributed by atoms with van der Waals surface area (Å²) in [4.78, 5) is 22.5. The first-order chi connectivity index (χ1) is 18.9. The summed E-state index contributed by atoms with van der Waals surface area (Å²) in [5, 5.41) is 3.95. The molecule has 2 N–H and O–H groups in total. The van der Waals surface area contributed by atoms with Gasteiger partial charge in [-0.2, -0.15) is 0 Å². The van der Waals surface area contributed by atoms with Gasteiger partial charge in [-0.15, -0.1) is 12.4 Å². The number of halogens is 1. The quantitative estimate of drug-likeness (QED) is 0.276. The molecule has 12 heteroatoms. The molecule has 1 fully saturated rings. The highest BCUT2D eigenvalue weighted by atomic mass is 35.5. The van der Waals surface area contributed by atoms with E-state index in [0.717, 1.165) is 47.3 Å². The standard InChI is InChI=1S/C28H31N5O4S2.ClH/c1-2-37-21-12-13-25-26(20-21)38-28(30-25)33-18-16-32(17-19-33)15-14-29-27(34)23-10-6-7-11-24(23)31-39(35,36)22-8-4-3-5-9-22;/h3-13,20,31H,2,14-19H2,1H3,(H,29,34);1H. The fourth-order valence-electron chi connectivity index (χ4n) is 4.44. The zero-order valence-corrected chi connectivity index (χ0v) is 24.5. The van der Waals surface area contributed by atoms with Gasteiger partial charge < -0.3 is 15.0 Å². The summed E-state index contributed by atoms with van der Waals surface area (Å²) < 4.78 is 34.8. The Kier molecular flexibility index (Phi) is 9.85. The number of thiazole rings is 1. The summed E-state index contributed by atoms with van der Waals surface area (Å²) in [6, 6.07) is 20.7. The molecule has 0 unspecified atom stereocenters. The maximum atomic E-state index is 12.9. The monoisotopic (exact) mass is 601 g/mol. The number of ether oxygens (including phenoxy) is 1. The molecule has 2 heterocycles. The van der Waals surface area contributed by atoms with Crippen molar-refractivity contribution in [2.24, 2.45) is 0 Å². The van der Waals surface area contributed by atoms with E-state index in [-0.39, 0.29) is 34.5 Å². The third-order valence-electron chi connectivity index (χ3n) is 6.49. The van der Waals surface area contributed by atoms with Gasteiger partial charge in [0.1, 0.15) is 5.75 Å². The van der Waals surface area contributed by atoms with E-state index in [1.54, 1.807) is 53.8 Å². The Morgan fingerprint density at radius 2 is 1.73 bits per heavy atom. The number of para-hydroxylation sites is 1. The van der Waals surface area contributed by atoms with Crippen LogP contribution in [0.2, 0.25) is 0 Å². The maximum Gasteiger partial charge on any atom is 0.261 e. The van der Waals surface area contributed by atoms with Crippen LogP contribution >= 0.6 is 23.7 Å². The molecule has 1 saturated heterocycles. The first kappa shape index (κ1) is 29.6. The van der Waals surface area contributed by atoms with Crippen LogP contribution in [0.4, 0.5) is 10.8 Å². The van der Waals surface area contributed by atoms with E-state index in [0.29, 0.717) is 19.7 Å². The van der Waals surface area contributed by atoms with E-state index >= 15 is 0 Å². The molecule has 0 spiro atoms. The van der Waals surface area contributed by atoms with Crippen molar-refractivity contribution in [2.45, 2.75) is 11.8 Å². The van der Waals surface area contributed by atoms with Crippen molar-refractivity contribution < 1.29 is 17.9 Å². The van der Waals surface area contributed by atoms with E-state index in [4.69, 9.17) is 9.72 Å². The Bertz CT molecular complexity index is 1540. The zero-order chi connectivity index (χ0) is 27.2. The smallest absolute Gasteiger partial charge is 0.261 e. The highest BCUT2D eigenvalue weighted by Gasteiger charge is 2.21. The van der Waals surface area contributed by atoms with E-state index < -0.39 is 10.0 Å². The number of sulfonamides is 1. The average molecular weight is 602 g/mol. The lowest BCUT2D eigenvalue weighted by Crippen LogP contribution is -2.48. The molecule has 1 aliphatic heterocycles. The number of rotatable bonds is 10. The third kappa shape index (κ3) is 7.03. The molecule has 0 radical (unpaired) electrons. The highest BCUT2D eigenvalue weighted by Crippen LogP contribution is 2.32. The number of carbonyl (C=O) groups excluding carboxylic acids is 1. The van der Waals surface area contributed by atoms with Gasteiger partial charge in [0.25, 0.3) is 15.9 Å². The number of nitrogens with one attached hydrogen (secondary N) is 2. The predicted octanol–water partition coefficient (Wildman–Crippen LogP) is 4.47. The number of benzene rings is 3. The van der Waals surface area contributed by atoms with E-state index in [9.17, 15) is 13.2 Å². The number of carbonyl (C=O) groups is 1. The highest BCUT2D eigenvalue weighted by molar-refractivity contribution is 7.92. The number of amides is 1. The summed E-state index contributed by atoms with van der Waals surface area (Å²) in [5.74, 6) is 0.546. The van der Waals surface area contributed by atoms with Gasteiger partial charge in [-0.05, 0) is 49.4 Å². The van der Waals surface area contributed by atoms with Crippen LogP contribution < -0.4 is 19.7 Å². The fourth-order valence-corrected chi connectivity index (χ4v) is 6.59. The molecule has 5 rings (SSSR count). The molecular weight excluding hydrogens is 570 g/mol. The summed E-state index contributed by atoms with van der Waals surface area (Å²) >= 11 is 1.68. The Hall–Kier alpha value is -3.38. The third-order valence-corrected chi connectivity index (χ3v) is 8.95. The fraction of sp³-hybridized carbons (Fsp3) is 0.286. The van der Waals surface area contributed by atoms with Crippen molar-refractivity contribution >= 4 is 60.7 Å². The van der Waals surface area contributed by atoms with Crippen molar-refractivity contribution in [3.63, 3.8) is 0 Å². The van der Waals surface area contributed by atoms with Crippen molar-refractivity contribution in [1.29, 1.82) is 0 Å². The maximum absolute atomic E-state index is 12.9. The summed E-state index contributed by atoms with van der Waals surface area (Å²) in [7, 11) is -3.80. The molecule has 1 aromatic heterocycles. The lowest BCUT2D eigenvalue weighted by Gasteiger charge is -2.34. The second-order valence-corrected chi connectivity index (χ2v) is 11.8. The van der Waals surface area contributed by atoms with Crippen LogP contribution in [0.25, 0.3) is 10.2 Å². The van der Waals surface area contributed by atoms with Crippen LogP contribution in [0.5, 0.6) is 5.75 Å². The van der Waals surface area contributed by atoms with Crippen molar-refractivity contribution in [3.8, 4) is 5.75 Å². The SMILES string of the molecule is CCOc1ccc2nc(N3CCN(CCNC(=O)c4ccccc4NS(=O)(=O)c4ccccc4)CC3)sc2c1.Cl. The molecule has 0 atom stereocenters. The van der Waals surface area contributed by atoms with Crippen LogP contribution in [0.3, 0.4) is 0 Å². The second-order valence-electron chi connectivity index (χ2n) is 9.11. The Morgan fingerprint density at radius 3 is 2.48 bits per heavy atom. The molecule has 9 nitrogen and oxygen atoms in total. The van der Waals surface area contributed by atoms with Crippen LogP contribution in [-0.2, 0) is 10.0 Å². The van der Waals surface area contributed by atoms with Gasteiger partial charge in [0.05, 0.1) is 33.0 Å². The van der Waals surface area contributed by atoms with Gasteiger partial charge in [-0.25, -0.2) is 13.4 Å². The van der Waals surface area contributed by atoms with Gasteiger partial charge in [0.15, 0.2) is 5.13 Å². The summed E-state index contributed by atoms with van der Waals surface area (Å²) in [6.07, 6.45) is 0. The van der Waals surface area contributed by atoms with Crippen molar-refractivity contribution in [2.75, 3.05) is 55.5 Å². The Morgan fingerprint density at radius 1 is 1.00 bits per heavy atom. The lowest BCUT2D eigenvalue weighted by atomic mass is 10.1. The molecule has 4 aromatic rings. The molecule has 3 aromatic carbocycles. The number of anilines is 2. The number of nitrogens with zero attached hydrogens (tertiary/aromatic N) is 3. The van der Waals surface area contributed by atoms with Crippen molar-refractivity contribution in [1.82, 2.24) is 15.2 Å². The number of hydrogen-bond acceptors (Lipinski definition) is 8. The minimum Gasteiger partial charge on any atom is -0.494 e. The van der Waals surface area contributed by atoms with E-state index in [2.05, 4.69) is 19.8 Å². The summed E-state index contributed by atoms with van der Waals surface area (Å²) in [5.41, 5.74) is 1.51. The zero-order valence-electron chi connectivity index (χ0n) is 22.1. The number of hydrogen-bond donors (Lipinski definition) is 2. The van der Waals surface area contributed by atoms with Crippen LogP contribution in [0.1, 0.15) is 17.3 Å². The van der Waals surface area contributed by atoms with Crippen LogP contribution in [0.15, 0.2) is 77.7 Å². The molecule has 40 heavy (non-hydrogen) atoms. The number of fused-ring (bicyclic) bond motifs is 1.